The van der Waals surface area contributed by atoms with Gasteiger partial charge in [0.15, 0.2) is 15.8 Å². The summed E-state index contributed by atoms with van der Waals surface area (Å²) in [6.07, 6.45) is 3.82. The second-order valence-electron chi connectivity index (χ2n) is 7.52. The van der Waals surface area contributed by atoms with E-state index in [1.54, 1.807) is 6.07 Å². The van der Waals surface area contributed by atoms with Crippen molar-refractivity contribution in [3.8, 4) is 0 Å². The Balaban J connectivity index is 0.00000392. The summed E-state index contributed by atoms with van der Waals surface area (Å²) in [6, 6.07) is 5.41. The Morgan fingerprint density at radius 2 is 1.93 bits per heavy atom. The molecule has 0 radical (unpaired) electrons. The number of rotatable bonds is 7. The molecule has 0 unspecified atom stereocenters. The minimum atomic E-state index is -3.18. The fourth-order valence-corrected chi connectivity index (χ4v) is 4.32. The van der Waals surface area contributed by atoms with Gasteiger partial charge in [-0.2, -0.15) is 0 Å². The number of aryl methyl sites for hydroxylation is 1. The van der Waals surface area contributed by atoms with Gasteiger partial charge in [0.25, 0.3) is 0 Å². The van der Waals surface area contributed by atoms with Gasteiger partial charge in [0.05, 0.1) is 11.4 Å². The van der Waals surface area contributed by atoms with Crippen LogP contribution in [0.3, 0.4) is 0 Å². The average molecular weight is 522 g/mol. The van der Waals surface area contributed by atoms with E-state index in [0.717, 1.165) is 42.6 Å². The monoisotopic (exact) mass is 522 g/mol. The van der Waals surface area contributed by atoms with Crippen molar-refractivity contribution in [3.05, 3.63) is 29.3 Å². The molecule has 0 aromatic heterocycles. The third-order valence-corrected chi connectivity index (χ3v) is 6.26. The molecule has 1 saturated heterocycles. The molecule has 0 saturated carbocycles. The lowest BCUT2D eigenvalue weighted by atomic mass is 9.99. The first kappa shape index (κ1) is 25.2. The molecule has 2 N–H and O–H groups in total. The summed E-state index contributed by atoms with van der Waals surface area (Å²) in [6.45, 7) is 11.8. The summed E-state index contributed by atoms with van der Waals surface area (Å²) >= 11 is 0. The fraction of sp³-hybridized carbons (Fsp3) is 0.650. The molecule has 8 heteroatoms. The van der Waals surface area contributed by atoms with Crippen molar-refractivity contribution in [2.45, 2.75) is 45.1 Å². The van der Waals surface area contributed by atoms with E-state index in [0.29, 0.717) is 11.4 Å². The van der Waals surface area contributed by atoms with Crippen LogP contribution in [0.15, 0.2) is 28.1 Å². The molecule has 0 bridgehead atoms. The van der Waals surface area contributed by atoms with E-state index >= 15 is 0 Å². The smallest absolute Gasteiger partial charge is 0.191 e. The SMILES string of the molecule is CCNC(=NCc1ccc(S(C)(=O)=O)c(C)c1)NCCN1CCC(C)CC1.I. The molecule has 1 aliphatic rings. The molecule has 0 spiro atoms. The third-order valence-electron chi connectivity index (χ3n) is 5.00. The number of aliphatic imine (C=N–C) groups is 1. The molecule has 1 aliphatic heterocycles. The zero-order valence-corrected chi connectivity index (χ0v) is 20.6. The lowest BCUT2D eigenvalue weighted by Crippen LogP contribution is -2.43. The highest BCUT2D eigenvalue weighted by Crippen LogP contribution is 2.17. The van der Waals surface area contributed by atoms with Gasteiger partial charge in [-0.25, -0.2) is 13.4 Å². The van der Waals surface area contributed by atoms with Gasteiger partial charge in [-0.15, -0.1) is 24.0 Å². The maximum Gasteiger partial charge on any atom is 0.191 e. The van der Waals surface area contributed by atoms with Crippen LogP contribution in [0.4, 0.5) is 0 Å². The molecule has 0 amide bonds. The molecular weight excluding hydrogens is 487 g/mol. The number of guanidine groups is 1. The highest BCUT2D eigenvalue weighted by Gasteiger charge is 2.15. The largest absolute Gasteiger partial charge is 0.357 e. The van der Waals surface area contributed by atoms with Gasteiger partial charge in [0, 0.05) is 25.9 Å². The van der Waals surface area contributed by atoms with Crippen LogP contribution >= 0.6 is 24.0 Å². The number of nitrogens with zero attached hydrogens (tertiary/aromatic N) is 2. The van der Waals surface area contributed by atoms with Gasteiger partial charge < -0.3 is 15.5 Å². The number of benzene rings is 1. The van der Waals surface area contributed by atoms with E-state index in [1.807, 2.05) is 26.0 Å². The van der Waals surface area contributed by atoms with Gasteiger partial charge in [-0.3, -0.25) is 0 Å². The van der Waals surface area contributed by atoms with Crippen LogP contribution in [0.1, 0.15) is 37.8 Å². The molecule has 1 aromatic carbocycles. The standard InChI is InChI=1S/C20H34N4O2S.HI/c1-5-21-20(22-10-13-24-11-8-16(2)9-12-24)23-15-18-6-7-19(17(3)14-18)27(4,25)26;/h6-7,14,16H,5,8-13,15H2,1-4H3,(H2,21,22,23);1H. The van der Waals surface area contributed by atoms with Crippen molar-refractivity contribution in [2.24, 2.45) is 10.9 Å². The average Bonchev–Trinajstić information content (AvgIpc) is 2.60. The van der Waals surface area contributed by atoms with Gasteiger partial charge in [-0.1, -0.05) is 19.1 Å². The Hall–Kier alpha value is -0.870. The van der Waals surface area contributed by atoms with Crippen LogP contribution in [0, 0.1) is 12.8 Å². The van der Waals surface area contributed by atoms with Crippen LogP contribution in [-0.4, -0.2) is 58.3 Å². The summed E-state index contributed by atoms with van der Waals surface area (Å²) in [5.74, 6) is 1.65. The Morgan fingerprint density at radius 1 is 1.25 bits per heavy atom. The summed E-state index contributed by atoms with van der Waals surface area (Å²) in [5.41, 5.74) is 1.77. The van der Waals surface area contributed by atoms with Crippen molar-refractivity contribution in [3.63, 3.8) is 0 Å². The van der Waals surface area contributed by atoms with E-state index in [4.69, 9.17) is 0 Å². The van der Waals surface area contributed by atoms with Crippen molar-refractivity contribution in [1.29, 1.82) is 0 Å². The molecule has 2 rings (SSSR count). The first-order valence-electron chi connectivity index (χ1n) is 9.83. The highest BCUT2D eigenvalue weighted by molar-refractivity contribution is 14.0. The second-order valence-corrected chi connectivity index (χ2v) is 9.50. The molecule has 1 heterocycles. The predicted octanol–water partition coefficient (Wildman–Crippen LogP) is 2.80. The molecule has 1 fully saturated rings. The Morgan fingerprint density at radius 3 is 2.50 bits per heavy atom. The van der Waals surface area contributed by atoms with Crippen LogP contribution in [0.2, 0.25) is 0 Å². The van der Waals surface area contributed by atoms with E-state index < -0.39 is 9.84 Å². The number of hydrogen-bond donors (Lipinski definition) is 2. The maximum absolute atomic E-state index is 11.7. The number of likely N-dealkylation sites (tertiary alicyclic amines) is 1. The van der Waals surface area contributed by atoms with Gasteiger partial charge in [0.2, 0.25) is 0 Å². The summed E-state index contributed by atoms with van der Waals surface area (Å²) in [7, 11) is -3.18. The zero-order valence-electron chi connectivity index (χ0n) is 17.5. The number of halogens is 1. The molecule has 160 valence electrons. The van der Waals surface area contributed by atoms with E-state index in [-0.39, 0.29) is 24.0 Å². The minimum absolute atomic E-state index is 0. The van der Waals surface area contributed by atoms with Crippen LogP contribution in [-0.2, 0) is 16.4 Å². The first-order valence-corrected chi connectivity index (χ1v) is 11.7. The molecule has 0 atom stereocenters. The van der Waals surface area contributed by atoms with E-state index in [1.165, 1.54) is 32.2 Å². The second kappa shape index (κ2) is 12.0. The Kier molecular flexibility index (Phi) is 10.8. The third kappa shape index (κ3) is 8.24. The molecule has 6 nitrogen and oxygen atoms in total. The summed E-state index contributed by atoms with van der Waals surface area (Å²) < 4.78 is 23.5. The van der Waals surface area contributed by atoms with Gasteiger partial charge >= 0.3 is 0 Å². The van der Waals surface area contributed by atoms with Crippen LogP contribution in [0.5, 0.6) is 0 Å². The summed E-state index contributed by atoms with van der Waals surface area (Å²) in [4.78, 5) is 7.53. The topological polar surface area (TPSA) is 73.8 Å². The molecular formula is C20H35IN4O2S. The van der Waals surface area contributed by atoms with Crippen molar-refractivity contribution in [1.82, 2.24) is 15.5 Å². The number of hydrogen-bond acceptors (Lipinski definition) is 4. The van der Waals surface area contributed by atoms with E-state index in [9.17, 15) is 8.42 Å². The lowest BCUT2D eigenvalue weighted by Gasteiger charge is -2.30. The highest BCUT2D eigenvalue weighted by atomic mass is 127. The molecule has 0 aliphatic carbocycles. The quantitative estimate of drug-likeness (QED) is 0.328. The molecule has 28 heavy (non-hydrogen) atoms. The van der Waals surface area contributed by atoms with Crippen molar-refractivity contribution in [2.75, 3.05) is 39.0 Å². The Bertz CT molecular complexity index is 745. The normalized spacial score (nSPS) is 16.5. The van der Waals surface area contributed by atoms with E-state index in [2.05, 4.69) is 27.4 Å². The van der Waals surface area contributed by atoms with Crippen LogP contribution < -0.4 is 10.6 Å². The summed E-state index contributed by atoms with van der Waals surface area (Å²) in [5, 5.41) is 6.67. The lowest BCUT2D eigenvalue weighted by molar-refractivity contribution is 0.195. The van der Waals surface area contributed by atoms with Crippen molar-refractivity contribution < 1.29 is 8.42 Å². The fourth-order valence-electron chi connectivity index (χ4n) is 3.36. The minimum Gasteiger partial charge on any atom is -0.357 e. The molecule has 1 aromatic rings. The number of sulfone groups is 1. The Labute approximate surface area is 187 Å². The van der Waals surface area contributed by atoms with Gasteiger partial charge in [-0.05, 0) is 62.9 Å². The predicted molar refractivity (Wildman–Crippen MR) is 127 cm³/mol. The van der Waals surface area contributed by atoms with Gasteiger partial charge in [0.1, 0.15) is 0 Å². The number of nitrogens with one attached hydrogen (secondary N) is 2. The number of piperidine rings is 1. The first-order chi connectivity index (χ1) is 12.8. The van der Waals surface area contributed by atoms with Crippen molar-refractivity contribution >= 4 is 39.8 Å². The zero-order chi connectivity index (χ0) is 19.9. The maximum atomic E-state index is 11.7. The van der Waals surface area contributed by atoms with Crippen LogP contribution in [0.25, 0.3) is 0 Å².